The highest BCUT2D eigenvalue weighted by Gasteiger charge is 2.12. The van der Waals surface area contributed by atoms with Crippen molar-refractivity contribution in [2.45, 2.75) is 6.42 Å². The Morgan fingerprint density at radius 3 is 2.70 bits per heavy atom. The number of benzene rings is 2. The summed E-state index contributed by atoms with van der Waals surface area (Å²) in [5.74, 6) is -0.321. The van der Waals surface area contributed by atoms with Crippen molar-refractivity contribution in [2.75, 3.05) is 5.32 Å². The lowest BCUT2D eigenvalue weighted by Gasteiger charge is -2.07. The first kappa shape index (κ1) is 16.6. The highest BCUT2D eigenvalue weighted by Crippen LogP contribution is 2.16. The number of rotatable bonds is 3. The summed E-state index contributed by atoms with van der Waals surface area (Å²) in [6.45, 7) is 0. The number of nitrogens with one attached hydrogen (secondary N) is 2. The van der Waals surface area contributed by atoms with Crippen LogP contribution in [0.25, 0.3) is 21.7 Å². The van der Waals surface area contributed by atoms with Crippen molar-refractivity contribution in [3.05, 3.63) is 68.9 Å². The largest absolute Gasteiger partial charge is 0.326 e. The van der Waals surface area contributed by atoms with Gasteiger partial charge in [-0.15, -0.1) is 5.10 Å². The maximum absolute atomic E-state index is 12.4. The Morgan fingerprint density at radius 1 is 1.11 bits per heavy atom. The minimum absolute atomic E-state index is 0.0259. The molecule has 4 aromatic rings. The zero-order valence-corrected chi connectivity index (χ0v) is 14.3. The van der Waals surface area contributed by atoms with E-state index >= 15 is 0 Å². The van der Waals surface area contributed by atoms with Crippen molar-refractivity contribution >= 4 is 33.3 Å². The molecular formula is C18H14N6O3. The van der Waals surface area contributed by atoms with Crippen LogP contribution < -0.4 is 16.4 Å². The van der Waals surface area contributed by atoms with Gasteiger partial charge in [-0.1, -0.05) is 23.4 Å². The minimum Gasteiger partial charge on any atom is -0.326 e. The quantitative estimate of drug-likeness (QED) is 0.554. The average molecular weight is 362 g/mol. The summed E-state index contributed by atoms with van der Waals surface area (Å²) in [6, 6.07) is 11.8. The summed E-state index contributed by atoms with van der Waals surface area (Å²) < 4.78 is 1.13. The van der Waals surface area contributed by atoms with Gasteiger partial charge in [-0.25, -0.2) is 9.78 Å². The summed E-state index contributed by atoms with van der Waals surface area (Å²) in [4.78, 5) is 36.4. The average Bonchev–Trinajstić information content (AvgIpc) is 2.67. The zero-order chi connectivity index (χ0) is 19.0. The van der Waals surface area contributed by atoms with E-state index in [2.05, 4.69) is 25.8 Å². The number of hydrogen-bond donors (Lipinski definition) is 2. The summed E-state index contributed by atoms with van der Waals surface area (Å²) in [7, 11) is 1.51. The van der Waals surface area contributed by atoms with Crippen LogP contribution in [0.5, 0.6) is 0 Å². The number of aryl methyl sites for hydroxylation is 1. The monoisotopic (exact) mass is 362 g/mol. The van der Waals surface area contributed by atoms with E-state index in [9.17, 15) is 14.4 Å². The molecule has 0 unspecified atom stereocenters. The first-order chi connectivity index (χ1) is 13.0. The van der Waals surface area contributed by atoms with E-state index < -0.39 is 0 Å². The molecule has 0 atom stereocenters. The second-order valence-electron chi connectivity index (χ2n) is 6.02. The Morgan fingerprint density at radius 2 is 1.89 bits per heavy atom. The molecule has 27 heavy (non-hydrogen) atoms. The van der Waals surface area contributed by atoms with Crippen LogP contribution in [0.15, 0.2) is 52.1 Å². The molecule has 0 aliphatic carbocycles. The van der Waals surface area contributed by atoms with E-state index in [-0.39, 0.29) is 23.4 Å². The molecule has 0 fully saturated rings. The lowest BCUT2D eigenvalue weighted by molar-refractivity contribution is -0.115. The number of nitrogens with zero attached hydrogens (tertiary/aromatic N) is 4. The molecular weight excluding hydrogens is 348 g/mol. The Labute approximate surface area is 151 Å². The lowest BCUT2D eigenvalue weighted by Crippen LogP contribution is -2.21. The Bertz CT molecular complexity index is 1310. The van der Waals surface area contributed by atoms with Crippen LogP contribution in [0.2, 0.25) is 0 Å². The fourth-order valence-electron chi connectivity index (χ4n) is 2.87. The van der Waals surface area contributed by atoms with E-state index in [0.29, 0.717) is 33.1 Å². The number of aromatic amines is 1. The maximum Gasteiger partial charge on any atom is 0.277 e. The van der Waals surface area contributed by atoms with E-state index in [1.807, 2.05) is 0 Å². The molecule has 9 heteroatoms. The fraction of sp³-hybridized carbons (Fsp3) is 0.111. The topological polar surface area (TPSA) is 123 Å². The molecule has 0 saturated carbocycles. The van der Waals surface area contributed by atoms with Crippen LogP contribution in [0.4, 0.5) is 5.69 Å². The van der Waals surface area contributed by atoms with Gasteiger partial charge in [0, 0.05) is 18.1 Å². The van der Waals surface area contributed by atoms with Gasteiger partial charge in [-0.05, 0) is 24.3 Å². The predicted molar refractivity (Wildman–Crippen MR) is 99.5 cm³/mol. The first-order valence-electron chi connectivity index (χ1n) is 8.13. The Kier molecular flexibility index (Phi) is 3.96. The van der Waals surface area contributed by atoms with Crippen molar-refractivity contribution in [2.24, 2.45) is 7.05 Å². The number of fused-ring (bicyclic) bond motifs is 2. The van der Waals surface area contributed by atoms with Gasteiger partial charge in [0.25, 0.3) is 11.1 Å². The van der Waals surface area contributed by atoms with Crippen molar-refractivity contribution in [1.29, 1.82) is 0 Å². The molecule has 2 aromatic heterocycles. The number of H-pyrrole nitrogens is 1. The van der Waals surface area contributed by atoms with Crippen molar-refractivity contribution in [1.82, 2.24) is 25.2 Å². The summed E-state index contributed by atoms with van der Waals surface area (Å²) in [5.41, 5.74) is 0.770. The SMILES string of the molecule is Cn1nnc2ccc(NC(=O)Cc3n[nH]c(=O)c4ccccc34)cc2c1=O. The summed E-state index contributed by atoms with van der Waals surface area (Å²) >= 11 is 0. The number of carbonyl (C=O) groups excluding carboxylic acids is 1. The molecule has 0 spiro atoms. The molecule has 2 N–H and O–H groups in total. The van der Waals surface area contributed by atoms with Crippen LogP contribution in [0, 0.1) is 0 Å². The van der Waals surface area contributed by atoms with Gasteiger partial charge in [0.1, 0.15) is 5.52 Å². The number of carbonyl (C=O) groups is 1. The van der Waals surface area contributed by atoms with Gasteiger partial charge in [0.15, 0.2) is 0 Å². The first-order valence-corrected chi connectivity index (χ1v) is 8.13. The predicted octanol–water partition coefficient (Wildman–Crippen LogP) is 0.746. The summed E-state index contributed by atoms with van der Waals surface area (Å²) in [6.07, 6.45) is -0.0259. The van der Waals surface area contributed by atoms with Gasteiger partial charge in [0.05, 0.1) is 22.9 Å². The highest BCUT2D eigenvalue weighted by atomic mass is 16.2. The number of hydrogen-bond acceptors (Lipinski definition) is 6. The number of aromatic nitrogens is 5. The van der Waals surface area contributed by atoms with Crippen molar-refractivity contribution < 1.29 is 4.79 Å². The normalized spacial score (nSPS) is 11.0. The third-order valence-electron chi connectivity index (χ3n) is 4.19. The Hall–Kier alpha value is -3.88. The van der Waals surface area contributed by atoms with Crippen LogP contribution >= 0.6 is 0 Å². The lowest BCUT2D eigenvalue weighted by atomic mass is 10.1. The van der Waals surface area contributed by atoms with E-state index in [0.717, 1.165) is 4.68 Å². The molecule has 4 rings (SSSR count). The Balaban J connectivity index is 1.63. The third kappa shape index (κ3) is 3.06. The summed E-state index contributed by atoms with van der Waals surface area (Å²) in [5, 5.41) is 18.2. The van der Waals surface area contributed by atoms with Gasteiger partial charge < -0.3 is 5.32 Å². The number of amides is 1. The maximum atomic E-state index is 12.4. The second-order valence-corrected chi connectivity index (χ2v) is 6.02. The van der Waals surface area contributed by atoms with E-state index in [1.165, 1.54) is 7.05 Å². The fourth-order valence-corrected chi connectivity index (χ4v) is 2.87. The standard InChI is InChI=1S/C18H14N6O3/c1-24-18(27)13-8-10(6-7-14(13)21-23-24)19-16(25)9-15-11-4-2-3-5-12(11)17(26)22-20-15/h2-8H,9H2,1H3,(H,19,25)(H,22,26). The third-order valence-corrected chi connectivity index (χ3v) is 4.19. The molecule has 0 saturated heterocycles. The van der Waals surface area contributed by atoms with Crippen LogP contribution in [0.1, 0.15) is 5.69 Å². The van der Waals surface area contributed by atoms with Gasteiger partial charge in [0.2, 0.25) is 5.91 Å². The van der Waals surface area contributed by atoms with E-state index in [1.54, 1.807) is 42.5 Å². The van der Waals surface area contributed by atoms with Gasteiger partial charge >= 0.3 is 0 Å². The highest BCUT2D eigenvalue weighted by molar-refractivity contribution is 5.96. The minimum atomic E-state index is -0.321. The van der Waals surface area contributed by atoms with Crippen LogP contribution in [-0.4, -0.2) is 31.1 Å². The molecule has 2 heterocycles. The molecule has 0 aliphatic heterocycles. The molecule has 0 bridgehead atoms. The molecule has 9 nitrogen and oxygen atoms in total. The van der Waals surface area contributed by atoms with Gasteiger partial charge in [-0.2, -0.15) is 5.10 Å². The van der Waals surface area contributed by atoms with Crippen molar-refractivity contribution in [3.63, 3.8) is 0 Å². The molecule has 1 amide bonds. The smallest absolute Gasteiger partial charge is 0.277 e. The van der Waals surface area contributed by atoms with E-state index in [4.69, 9.17) is 0 Å². The molecule has 2 aromatic carbocycles. The van der Waals surface area contributed by atoms with Gasteiger partial charge in [-0.3, -0.25) is 14.4 Å². The molecule has 0 radical (unpaired) electrons. The number of anilines is 1. The van der Waals surface area contributed by atoms with Crippen LogP contribution in [0.3, 0.4) is 0 Å². The van der Waals surface area contributed by atoms with Crippen molar-refractivity contribution in [3.8, 4) is 0 Å². The molecule has 0 aliphatic rings. The van der Waals surface area contributed by atoms with Crippen LogP contribution in [-0.2, 0) is 18.3 Å². The molecule has 134 valence electrons. The zero-order valence-electron chi connectivity index (χ0n) is 14.3. The second kappa shape index (κ2) is 6.45.